The van der Waals surface area contributed by atoms with Crippen molar-refractivity contribution in [1.82, 2.24) is 0 Å². The van der Waals surface area contributed by atoms with Crippen LogP contribution in [0.2, 0.25) is 0 Å². The highest BCUT2D eigenvalue weighted by atomic mass is 32.2. The van der Waals surface area contributed by atoms with Gasteiger partial charge in [-0.15, -0.1) is 0 Å². The van der Waals surface area contributed by atoms with Crippen molar-refractivity contribution < 1.29 is 26.9 Å². The number of urea groups is 1. The third-order valence-electron chi connectivity index (χ3n) is 4.32. The quantitative estimate of drug-likeness (QED) is 0.406. The number of ether oxygens (including phenoxy) is 1. The van der Waals surface area contributed by atoms with Gasteiger partial charge >= 0.3 is 22.1 Å². The van der Waals surface area contributed by atoms with Crippen molar-refractivity contribution in [3.63, 3.8) is 0 Å². The molecule has 0 saturated heterocycles. The molecule has 0 aromatic heterocycles. The van der Waals surface area contributed by atoms with Gasteiger partial charge in [0.15, 0.2) is 5.75 Å². The van der Waals surface area contributed by atoms with Crippen LogP contribution in [0.15, 0.2) is 72.8 Å². The van der Waals surface area contributed by atoms with E-state index in [0.717, 1.165) is 5.56 Å². The molecule has 0 aliphatic carbocycles. The molecule has 2 amide bonds. The van der Waals surface area contributed by atoms with Gasteiger partial charge in [-0.25, -0.2) is 9.59 Å². The molecule has 3 aromatic carbocycles. The molecular weight excluding hydrogens is 432 g/mol. The smallest absolute Gasteiger partial charge is 0.341 e. The number of rotatable bonds is 7. The minimum absolute atomic E-state index is 0.0891. The number of amides is 2. The van der Waals surface area contributed by atoms with Crippen LogP contribution < -0.4 is 14.8 Å². The van der Waals surface area contributed by atoms with Crippen molar-refractivity contribution in [1.29, 1.82) is 0 Å². The molecule has 0 heterocycles. The van der Waals surface area contributed by atoms with Crippen LogP contribution in [0.1, 0.15) is 21.5 Å². The summed E-state index contributed by atoms with van der Waals surface area (Å²) in [7, 11) is -2.91. The Morgan fingerprint density at radius 1 is 0.875 bits per heavy atom. The Bertz CT molecular complexity index is 1230. The Morgan fingerprint density at radius 2 is 1.56 bits per heavy atom. The predicted octanol–water partition coefficient (Wildman–Crippen LogP) is 4.33. The highest BCUT2D eigenvalue weighted by molar-refractivity contribution is 7.86. The fourth-order valence-electron chi connectivity index (χ4n) is 2.91. The van der Waals surface area contributed by atoms with Crippen LogP contribution in [0, 0.1) is 6.92 Å². The van der Waals surface area contributed by atoms with Gasteiger partial charge in [-0.05, 0) is 42.3 Å². The van der Waals surface area contributed by atoms with Crippen molar-refractivity contribution in [2.24, 2.45) is 0 Å². The fraction of sp³-hybridized carbons (Fsp3) is 0.130. The van der Waals surface area contributed by atoms with E-state index in [9.17, 15) is 18.0 Å². The predicted molar refractivity (Wildman–Crippen MR) is 121 cm³/mol. The summed E-state index contributed by atoms with van der Waals surface area (Å²) < 4.78 is 35.1. The number of nitrogens with one attached hydrogen (secondary N) is 2. The molecule has 0 saturated carbocycles. The molecule has 0 aliphatic heterocycles. The Hall–Kier alpha value is -3.85. The molecule has 3 aromatic rings. The maximum Gasteiger partial charge on any atom is 0.341 e. The lowest BCUT2D eigenvalue weighted by Crippen LogP contribution is -2.20. The van der Waals surface area contributed by atoms with E-state index in [1.54, 1.807) is 48.5 Å². The van der Waals surface area contributed by atoms with E-state index < -0.39 is 22.1 Å². The van der Waals surface area contributed by atoms with Crippen molar-refractivity contribution in [2.45, 2.75) is 12.7 Å². The molecule has 3 rings (SSSR count). The van der Waals surface area contributed by atoms with E-state index in [2.05, 4.69) is 10.6 Å². The zero-order chi connectivity index (χ0) is 23.1. The van der Waals surface area contributed by atoms with Gasteiger partial charge in [-0.1, -0.05) is 42.5 Å². The van der Waals surface area contributed by atoms with Crippen molar-refractivity contribution in [2.75, 3.05) is 17.7 Å². The minimum Gasteiger partial charge on any atom is -0.465 e. The zero-order valence-corrected chi connectivity index (χ0v) is 18.3. The molecule has 166 valence electrons. The first-order valence-corrected chi connectivity index (χ1v) is 11.2. The molecule has 2 N–H and O–H groups in total. The van der Waals surface area contributed by atoms with Gasteiger partial charge in [-0.3, -0.25) is 0 Å². The van der Waals surface area contributed by atoms with E-state index in [1.807, 2.05) is 13.0 Å². The van der Waals surface area contributed by atoms with Gasteiger partial charge in [-0.2, -0.15) is 8.42 Å². The number of methoxy groups -OCH3 is 1. The minimum atomic E-state index is -4.09. The summed E-state index contributed by atoms with van der Waals surface area (Å²) >= 11 is 0. The van der Waals surface area contributed by atoms with E-state index in [-0.39, 0.29) is 22.8 Å². The van der Waals surface area contributed by atoms with Crippen LogP contribution in [0.25, 0.3) is 0 Å². The van der Waals surface area contributed by atoms with Gasteiger partial charge in [0.05, 0.1) is 7.11 Å². The molecule has 0 atom stereocenters. The molecule has 0 spiro atoms. The molecule has 8 nitrogen and oxygen atoms in total. The number of carbonyl (C=O) groups excluding carboxylic acids is 2. The third kappa shape index (κ3) is 6.32. The molecule has 0 fully saturated rings. The Balaban J connectivity index is 1.81. The number of hydrogen-bond donors (Lipinski definition) is 2. The Labute approximate surface area is 186 Å². The normalized spacial score (nSPS) is 10.8. The number of esters is 1. The first-order chi connectivity index (χ1) is 15.3. The highest BCUT2D eigenvalue weighted by Crippen LogP contribution is 2.27. The molecular formula is C23H22N2O6S. The summed E-state index contributed by atoms with van der Waals surface area (Å²) in [5.74, 6) is -1.41. The average molecular weight is 455 g/mol. The summed E-state index contributed by atoms with van der Waals surface area (Å²) in [5, 5.41) is 5.27. The number of anilines is 2. The van der Waals surface area contributed by atoms with E-state index in [4.69, 9.17) is 8.92 Å². The lowest BCUT2D eigenvalue weighted by atomic mass is 10.2. The number of carbonyl (C=O) groups is 2. The second-order valence-electron chi connectivity index (χ2n) is 6.92. The molecule has 0 aliphatic rings. The summed E-state index contributed by atoms with van der Waals surface area (Å²) in [6, 6.07) is 19.2. The van der Waals surface area contributed by atoms with Crippen LogP contribution in [-0.2, 0) is 20.6 Å². The Morgan fingerprint density at radius 3 is 2.22 bits per heavy atom. The average Bonchev–Trinajstić information content (AvgIpc) is 2.73. The van der Waals surface area contributed by atoms with Crippen molar-refractivity contribution in [3.8, 4) is 5.75 Å². The van der Waals surface area contributed by atoms with Crippen molar-refractivity contribution in [3.05, 3.63) is 89.5 Å². The summed E-state index contributed by atoms with van der Waals surface area (Å²) in [4.78, 5) is 24.4. The first kappa shape index (κ1) is 22.8. The van der Waals surface area contributed by atoms with Gasteiger partial charge in [0.2, 0.25) is 0 Å². The van der Waals surface area contributed by atoms with E-state index >= 15 is 0 Å². The summed E-state index contributed by atoms with van der Waals surface area (Å²) in [6.07, 6.45) is 0. The SMILES string of the molecule is COC(=O)c1ccc(NC(=O)Nc2cccc(C)c2)cc1OS(=O)(=O)Cc1ccccc1. The fourth-order valence-corrected chi connectivity index (χ4v) is 3.98. The standard InChI is InChI=1S/C23H22N2O6S/c1-16-7-6-10-18(13-16)24-23(27)25-19-11-12-20(22(26)30-2)21(14-19)31-32(28,29)15-17-8-4-3-5-9-17/h3-14H,15H2,1-2H3,(H2,24,25,27). The van der Waals surface area contributed by atoms with Crippen LogP contribution in [0.5, 0.6) is 5.75 Å². The van der Waals surface area contributed by atoms with Crippen molar-refractivity contribution >= 4 is 33.5 Å². The topological polar surface area (TPSA) is 111 Å². The second kappa shape index (κ2) is 9.97. The lowest BCUT2D eigenvalue weighted by molar-refractivity contribution is 0.0599. The number of benzene rings is 3. The maximum atomic E-state index is 12.6. The van der Waals surface area contributed by atoms with Gasteiger partial charge in [0.1, 0.15) is 11.3 Å². The van der Waals surface area contributed by atoms with Gasteiger partial charge in [0.25, 0.3) is 0 Å². The molecule has 0 unspecified atom stereocenters. The maximum absolute atomic E-state index is 12.6. The van der Waals surface area contributed by atoms with E-state index in [0.29, 0.717) is 11.3 Å². The van der Waals surface area contributed by atoms with Crippen LogP contribution in [0.3, 0.4) is 0 Å². The molecule has 9 heteroatoms. The van der Waals surface area contributed by atoms with Crippen LogP contribution >= 0.6 is 0 Å². The second-order valence-corrected chi connectivity index (χ2v) is 8.49. The van der Waals surface area contributed by atoms with E-state index in [1.165, 1.54) is 25.3 Å². The molecule has 0 bridgehead atoms. The zero-order valence-electron chi connectivity index (χ0n) is 17.5. The largest absolute Gasteiger partial charge is 0.465 e. The third-order valence-corrected chi connectivity index (χ3v) is 5.44. The first-order valence-electron chi connectivity index (χ1n) is 9.59. The molecule has 32 heavy (non-hydrogen) atoms. The molecule has 0 radical (unpaired) electrons. The number of hydrogen-bond acceptors (Lipinski definition) is 6. The van der Waals surface area contributed by atoms with Crippen LogP contribution in [0.4, 0.5) is 16.2 Å². The van der Waals surface area contributed by atoms with Crippen LogP contribution in [-0.4, -0.2) is 27.5 Å². The highest BCUT2D eigenvalue weighted by Gasteiger charge is 2.21. The van der Waals surface area contributed by atoms with Gasteiger partial charge in [0, 0.05) is 17.4 Å². The number of aryl methyl sites for hydroxylation is 1. The Kier molecular flexibility index (Phi) is 7.11. The summed E-state index contributed by atoms with van der Waals surface area (Å²) in [6.45, 7) is 1.90. The van der Waals surface area contributed by atoms with Gasteiger partial charge < -0.3 is 19.6 Å². The lowest BCUT2D eigenvalue weighted by Gasteiger charge is -2.13. The monoisotopic (exact) mass is 454 g/mol. The summed E-state index contributed by atoms with van der Waals surface area (Å²) in [5.41, 5.74) is 2.24.